The number of carbonyl (C=O) groups is 1. The smallest absolute Gasteiger partial charge is 0.242 e. The predicted octanol–water partition coefficient (Wildman–Crippen LogP) is 1.83. The molecule has 0 spiro atoms. The number of nitrogens with two attached hydrogens (primary N) is 1. The molecule has 1 amide bonds. The zero-order valence-corrected chi connectivity index (χ0v) is 13.1. The third-order valence-corrected chi connectivity index (χ3v) is 5.16. The molecule has 3 rings (SSSR count). The molecular weight excluding hydrogens is 262 g/mol. The van der Waals surface area contributed by atoms with Crippen molar-refractivity contribution in [3.05, 3.63) is 29.3 Å². The molecule has 2 fully saturated rings. The van der Waals surface area contributed by atoms with E-state index in [1.807, 2.05) is 4.90 Å². The van der Waals surface area contributed by atoms with Crippen LogP contribution < -0.4 is 10.6 Å². The third kappa shape index (κ3) is 2.53. The molecule has 1 saturated carbocycles. The summed E-state index contributed by atoms with van der Waals surface area (Å²) in [7, 11) is 0. The van der Waals surface area contributed by atoms with E-state index in [4.69, 9.17) is 5.73 Å². The lowest BCUT2D eigenvalue weighted by molar-refractivity contribution is -0.140. The van der Waals surface area contributed by atoms with E-state index in [2.05, 4.69) is 36.9 Å². The topological polar surface area (TPSA) is 49.6 Å². The molecule has 21 heavy (non-hydrogen) atoms. The van der Waals surface area contributed by atoms with E-state index in [0.717, 1.165) is 45.4 Å². The summed E-state index contributed by atoms with van der Waals surface area (Å²) in [5.41, 5.74) is 9.57. The second-order valence-corrected chi connectivity index (χ2v) is 6.51. The van der Waals surface area contributed by atoms with Gasteiger partial charge >= 0.3 is 0 Å². The van der Waals surface area contributed by atoms with Gasteiger partial charge in [-0.05, 0) is 50.3 Å². The maximum absolute atomic E-state index is 12.4. The van der Waals surface area contributed by atoms with Crippen molar-refractivity contribution in [3.63, 3.8) is 0 Å². The minimum Gasteiger partial charge on any atom is -0.368 e. The zero-order chi connectivity index (χ0) is 15.0. The van der Waals surface area contributed by atoms with Crippen molar-refractivity contribution in [2.24, 2.45) is 5.73 Å². The summed E-state index contributed by atoms with van der Waals surface area (Å²) in [6.45, 7) is 7.67. The van der Waals surface area contributed by atoms with Crippen molar-refractivity contribution >= 4 is 11.6 Å². The maximum Gasteiger partial charge on any atom is 0.242 e. The second kappa shape index (κ2) is 5.34. The van der Waals surface area contributed by atoms with Crippen molar-refractivity contribution in [1.29, 1.82) is 0 Å². The van der Waals surface area contributed by atoms with Crippen molar-refractivity contribution in [2.75, 3.05) is 31.1 Å². The van der Waals surface area contributed by atoms with Gasteiger partial charge in [0.15, 0.2) is 0 Å². The van der Waals surface area contributed by atoms with E-state index in [9.17, 15) is 4.79 Å². The SMILES string of the molecule is Cc1cccc(N2CCN(C(=O)C3(N)CCC3)CC2)c1C. The molecule has 1 aliphatic heterocycles. The van der Waals surface area contributed by atoms with Crippen LogP contribution in [0, 0.1) is 13.8 Å². The fraction of sp³-hybridized carbons (Fsp3) is 0.588. The quantitative estimate of drug-likeness (QED) is 0.903. The molecule has 1 saturated heterocycles. The Balaban J connectivity index is 1.65. The van der Waals surface area contributed by atoms with Gasteiger partial charge < -0.3 is 15.5 Å². The summed E-state index contributed by atoms with van der Waals surface area (Å²) in [6.07, 6.45) is 2.79. The number of benzene rings is 1. The number of anilines is 1. The Morgan fingerprint density at radius 3 is 2.38 bits per heavy atom. The van der Waals surface area contributed by atoms with Crippen LogP contribution in [-0.2, 0) is 4.79 Å². The summed E-state index contributed by atoms with van der Waals surface area (Å²) in [5, 5.41) is 0. The number of rotatable bonds is 2. The minimum absolute atomic E-state index is 0.161. The van der Waals surface area contributed by atoms with Gasteiger partial charge in [-0.1, -0.05) is 12.1 Å². The minimum atomic E-state index is -0.554. The molecule has 4 nitrogen and oxygen atoms in total. The fourth-order valence-electron chi connectivity index (χ4n) is 3.32. The van der Waals surface area contributed by atoms with Gasteiger partial charge in [0, 0.05) is 31.9 Å². The van der Waals surface area contributed by atoms with Crippen LogP contribution in [0.1, 0.15) is 30.4 Å². The Kier molecular flexibility index (Phi) is 3.66. The van der Waals surface area contributed by atoms with Crippen LogP contribution >= 0.6 is 0 Å². The third-order valence-electron chi connectivity index (χ3n) is 5.16. The molecule has 0 bridgehead atoms. The van der Waals surface area contributed by atoms with Gasteiger partial charge in [-0.15, -0.1) is 0 Å². The van der Waals surface area contributed by atoms with Gasteiger partial charge in [-0.25, -0.2) is 0 Å². The van der Waals surface area contributed by atoms with Crippen LogP contribution in [-0.4, -0.2) is 42.5 Å². The lowest BCUT2D eigenvalue weighted by Gasteiger charge is -2.44. The van der Waals surface area contributed by atoms with Gasteiger partial charge in [0.2, 0.25) is 5.91 Å². The van der Waals surface area contributed by atoms with Crippen molar-refractivity contribution < 1.29 is 4.79 Å². The van der Waals surface area contributed by atoms with Gasteiger partial charge in [0.25, 0.3) is 0 Å². The van der Waals surface area contributed by atoms with E-state index in [-0.39, 0.29) is 5.91 Å². The van der Waals surface area contributed by atoms with Crippen molar-refractivity contribution in [1.82, 2.24) is 4.90 Å². The van der Waals surface area contributed by atoms with E-state index in [0.29, 0.717) is 0 Å². The fourth-order valence-corrected chi connectivity index (χ4v) is 3.32. The summed E-state index contributed by atoms with van der Waals surface area (Å²) in [4.78, 5) is 16.8. The highest BCUT2D eigenvalue weighted by atomic mass is 16.2. The predicted molar refractivity (Wildman–Crippen MR) is 85.5 cm³/mol. The molecule has 1 aromatic carbocycles. The molecule has 1 heterocycles. The van der Waals surface area contributed by atoms with E-state index in [1.165, 1.54) is 16.8 Å². The van der Waals surface area contributed by atoms with Crippen LogP contribution in [0.3, 0.4) is 0 Å². The molecule has 2 aliphatic rings. The van der Waals surface area contributed by atoms with Crippen LogP contribution in [0.4, 0.5) is 5.69 Å². The Bertz CT molecular complexity index is 543. The number of carbonyl (C=O) groups excluding carboxylic acids is 1. The van der Waals surface area contributed by atoms with E-state index < -0.39 is 5.54 Å². The maximum atomic E-state index is 12.4. The molecule has 0 unspecified atom stereocenters. The van der Waals surface area contributed by atoms with Gasteiger partial charge in [-0.3, -0.25) is 4.79 Å². The molecule has 4 heteroatoms. The van der Waals surface area contributed by atoms with Crippen LogP contribution in [0.2, 0.25) is 0 Å². The number of hydrogen-bond acceptors (Lipinski definition) is 3. The highest BCUT2D eigenvalue weighted by Gasteiger charge is 2.43. The number of nitrogens with zero attached hydrogens (tertiary/aromatic N) is 2. The number of amides is 1. The normalized spacial score (nSPS) is 21.1. The monoisotopic (exact) mass is 287 g/mol. The Morgan fingerprint density at radius 1 is 1.14 bits per heavy atom. The number of piperazine rings is 1. The second-order valence-electron chi connectivity index (χ2n) is 6.51. The van der Waals surface area contributed by atoms with E-state index in [1.54, 1.807) is 0 Å². The molecule has 114 valence electrons. The highest BCUT2D eigenvalue weighted by molar-refractivity contribution is 5.87. The molecule has 1 aromatic rings. The largest absolute Gasteiger partial charge is 0.368 e. The zero-order valence-electron chi connectivity index (χ0n) is 13.1. The Morgan fingerprint density at radius 2 is 1.81 bits per heavy atom. The first-order chi connectivity index (χ1) is 10.0. The molecule has 2 N–H and O–H groups in total. The first kappa shape index (κ1) is 14.4. The van der Waals surface area contributed by atoms with Crippen LogP contribution in [0.5, 0.6) is 0 Å². The summed E-state index contributed by atoms with van der Waals surface area (Å²) >= 11 is 0. The van der Waals surface area contributed by atoms with Crippen LogP contribution in [0.25, 0.3) is 0 Å². The molecular formula is C17H25N3O. The number of hydrogen-bond donors (Lipinski definition) is 1. The van der Waals surface area contributed by atoms with Gasteiger partial charge in [0.05, 0.1) is 5.54 Å². The lowest BCUT2D eigenvalue weighted by atomic mass is 9.76. The molecule has 1 aliphatic carbocycles. The Labute approximate surface area is 126 Å². The van der Waals surface area contributed by atoms with Crippen molar-refractivity contribution in [2.45, 2.75) is 38.6 Å². The Hall–Kier alpha value is -1.55. The molecule has 0 aromatic heterocycles. The lowest BCUT2D eigenvalue weighted by Crippen LogP contribution is -2.62. The highest BCUT2D eigenvalue weighted by Crippen LogP contribution is 2.31. The molecule has 0 radical (unpaired) electrons. The average molecular weight is 287 g/mol. The van der Waals surface area contributed by atoms with E-state index >= 15 is 0 Å². The first-order valence-corrected chi connectivity index (χ1v) is 7.91. The summed E-state index contributed by atoms with van der Waals surface area (Å²) < 4.78 is 0. The van der Waals surface area contributed by atoms with Gasteiger partial charge in [0.1, 0.15) is 0 Å². The first-order valence-electron chi connectivity index (χ1n) is 7.91. The number of aryl methyl sites for hydroxylation is 1. The van der Waals surface area contributed by atoms with Crippen LogP contribution in [0.15, 0.2) is 18.2 Å². The summed E-state index contributed by atoms with van der Waals surface area (Å²) in [5.74, 6) is 0.161. The average Bonchev–Trinajstić information content (AvgIpc) is 2.47. The molecule has 0 atom stereocenters. The summed E-state index contributed by atoms with van der Waals surface area (Å²) in [6, 6.07) is 6.43. The van der Waals surface area contributed by atoms with Gasteiger partial charge in [-0.2, -0.15) is 0 Å². The standard InChI is InChI=1S/C17H25N3O/c1-13-5-3-6-15(14(13)2)19-9-11-20(12-10-19)16(21)17(18)7-4-8-17/h3,5-6H,4,7-12,18H2,1-2H3. The van der Waals surface area contributed by atoms with Crippen molar-refractivity contribution in [3.8, 4) is 0 Å².